The van der Waals surface area contributed by atoms with Crippen molar-refractivity contribution in [2.45, 2.75) is 26.6 Å². The summed E-state index contributed by atoms with van der Waals surface area (Å²) in [5, 5.41) is 6.54. The van der Waals surface area contributed by atoms with Crippen LogP contribution in [0.1, 0.15) is 29.8 Å². The van der Waals surface area contributed by atoms with Crippen molar-refractivity contribution < 1.29 is 9.53 Å². The maximum absolute atomic E-state index is 12.5. The molecule has 0 bridgehead atoms. The molecule has 142 valence electrons. The van der Waals surface area contributed by atoms with Crippen LogP contribution in [0.15, 0.2) is 60.1 Å². The van der Waals surface area contributed by atoms with Gasteiger partial charge in [-0.05, 0) is 37.6 Å². The van der Waals surface area contributed by atoms with Crippen LogP contribution in [-0.2, 0) is 11.3 Å². The number of amides is 1. The van der Waals surface area contributed by atoms with Crippen LogP contribution in [0.4, 0.5) is 5.13 Å². The average Bonchev–Trinajstić information content (AvgIpc) is 3.33. The van der Waals surface area contributed by atoms with Crippen molar-refractivity contribution in [1.82, 2.24) is 9.97 Å². The number of nitrogens with one attached hydrogen (secondary N) is 2. The van der Waals surface area contributed by atoms with Crippen molar-refractivity contribution in [2.24, 2.45) is 0 Å². The monoisotopic (exact) mass is 391 g/mol. The molecule has 2 heterocycles. The first kappa shape index (κ1) is 18.4. The molecule has 0 aliphatic carbocycles. The number of nitrogens with zero attached hydrogens (tertiary/aromatic N) is 1. The highest BCUT2D eigenvalue weighted by molar-refractivity contribution is 7.14. The smallest absolute Gasteiger partial charge is 0.257 e. The number of hydrogen-bond acceptors (Lipinski definition) is 4. The van der Waals surface area contributed by atoms with E-state index < -0.39 is 0 Å². The predicted octanol–water partition coefficient (Wildman–Crippen LogP) is 5.47. The summed E-state index contributed by atoms with van der Waals surface area (Å²) >= 11 is 1.42. The fraction of sp³-hybridized carbons (Fsp3) is 0.182. The van der Waals surface area contributed by atoms with E-state index in [0.29, 0.717) is 17.3 Å². The Morgan fingerprint density at radius 2 is 1.96 bits per heavy atom. The number of thiazole rings is 1. The summed E-state index contributed by atoms with van der Waals surface area (Å²) in [6.07, 6.45) is 2.13. The number of H-pyrrole nitrogens is 1. The molecule has 4 aromatic rings. The molecule has 0 spiro atoms. The number of benzene rings is 2. The summed E-state index contributed by atoms with van der Waals surface area (Å²) in [7, 11) is 0. The zero-order chi connectivity index (χ0) is 19.5. The standard InChI is InChI=1S/C22H21N3O2S/c1-14(2)27-12-15-7-9-16(10-8-15)21(26)25-22-24-20(13-28-22)18-11-23-19-6-4-3-5-17(18)19/h3-11,13-14,23H,12H2,1-2H3,(H,24,25,26). The number of carbonyl (C=O) groups is 1. The van der Waals surface area contributed by atoms with Gasteiger partial charge in [0.05, 0.1) is 18.4 Å². The van der Waals surface area contributed by atoms with E-state index in [1.54, 1.807) is 0 Å². The van der Waals surface area contributed by atoms with E-state index in [2.05, 4.69) is 21.4 Å². The molecule has 0 saturated heterocycles. The zero-order valence-corrected chi connectivity index (χ0v) is 16.5. The number of rotatable bonds is 6. The Morgan fingerprint density at radius 1 is 1.18 bits per heavy atom. The summed E-state index contributed by atoms with van der Waals surface area (Å²) in [4.78, 5) is 20.4. The van der Waals surface area contributed by atoms with Crippen LogP contribution in [0.2, 0.25) is 0 Å². The van der Waals surface area contributed by atoms with E-state index in [9.17, 15) is 4.79 Å². The molecule has 0 aliphatic heterocycles. The van der Waals surface area contributed by atoms with Crippen molar-refractivity contribution in [2.75, 3.05) is 5.32 Å². The lowest BCUT2D eigenvalue weighted by Crippen LogP contribution is -2.11. The van der Waals surface area contributed by atoms with Gasteiger partial charge in [-0.3, -0.25) is 10.1 Å². The van der Waals surface area contributed by atoms with E-state index in [1.807, 2.05) is 67.9 Å². The van der Waals surface area contributed by atoms with Gasteiger partial charge in [-0.2, -0.15) is 0 Å². The van der Waals surface area contributed by atoms with E-state index >= 15 is 0 Å². The second-order valence-corrected chi connectivity index (χ2v) is 7.65. The molecule has 28 heavy (non-hydrogen) atoms. The molecule has 2 aromatic carbocycles. The molecule has 0 aliphatic rings. The quantitative estimate of drug-likeness (QED) is 0.458. The van der Waals surface area contributed by atoms with Crippen molar-refractivity contribution >= 4 is 33.3 Å². The highest BCUT2D eigenvalue weighted by Crippen LogP contribution is 2.31. The Labute approximate surface area is 167 Å². The van der Waals surface area contributed by atoms with Crippen LogP contribution in [0.5, 0.6) is 0 Å². The molecule has 0 fully saturated rings. The lowest BCUT2D eigenvalue weighted by molar-refractivity contribution is 0.0657. The first-order valence-corrected chi connectivity index (χ1v) is 10.0. The van der Waals surface area contributed by atoms with Gasteiger partial charge in [-0.25, -0.2) is 4.98 Å². The molecule has 2 aromatic heterocycles. The largest absolute Gasteiger partial charge is 0.374 e. The van der Waals surface area contributed by atoms with E-state index in [-0.39, 0.29) is 12.0 Å². The third-order valence-corrected chi connectivity index (χ3v) is 5.15. The number of fused-ring (bicyclic) bond motifs is 1. The van der Waals surface area contributed by atoms with Crippen molar-refractivity contribution in [1.29, 1.82) is 0 Å². The molecular formula is C22H21N3O2S. The van der Waals surface area contributed by atoms with Gasteiger partial charge in [0, 0.05) is 33.6 Å². The number of carbonyl (C=O) groups excluding carboxylic acids is 1. The van der Waals surface area contributed by atoms with Gasteiger partial charge in [0.2, 0.25) is 0 Å². The number of hydrogen-bond donors (Lipinski definition) is 2. The highest BCUT2D eigenvalue weighted by Gasteiger charge is 2.12. The van der Waals surface area contributed by atoms with Gasteiger partial charge in [0.15, 0.2) is 5.13 Å². The lowest BCUT2D eigenvalue weighted by Gasteiger charge is -2.08. The maximum Gasteiger partial charge on any atom is 0.257 e. The molecule has 6 heteroatoms. The van der Waals surface area contributed by atoms with Crippen LogP contribution in [0.3, 0.4) is 0 Å². The fourth-order valence-electron chi connectivity index (χ4n) is 2.92. The first-order valence-electron chi connectivity index (χ1n) is 9.14. The minimum atomic E-state index is -0.170. The number of aromatic amines is 1. The van der Waals surface area contributed by atoms with Crippen LogP contribution in [0, 0.1) is 0 Å². The van der Waals surface area contributed by atoms with Crippen LogP contribution >= 0.6 is 11.3 Å². The van der Waals surface area contributed by atoms with Gasteiger partial charge in [0.25, 0.3) is 5.91 Å². The fourth-order valence-corrected chi connectivity index (χ4v) is 3.63. The SMILES string of the molecule is CC(C)OCc1ccc(C(=O)Nc2nc(-c3c[nH]c4ccccc34)cs2)cc1. The maximum atomic E-state index is 12.5. The van der Waals surface area contributed by atoms with E-state index in [1.165, 1.54) is 11.3 Å². The summed E-state index contributed by atoms with van der Waals surface area (Å²) in [6.45, 7) is 4.54. The summed E-state index contributed by atoms with van der Waals surface area (Å²) in [5.41, 5.74) is 4.58. The number of ether oxygens (including phenoxy) is 1. The third-order valence-electron chi connectivity index (χ3n) is 4.39. The minimum absolute atomic E-state index is 0.170. The molecule has 5 nitrogen and oxygen atoms in total. The number of anilines is 1. The highest BCUT2D eigenvalue weighted by atomic mass is 32.1. The third kappa shape index (κ3) is 3.98. The van der Waals surface area contributed by atoms with Crippen molar-refractivity contribution in [3.63, 3.8) is 0 Å². The van der Waals surface area contributed by atoms with Crippen molar-refractivity contribution in [3.05, 3.63) is 71.2 Å². The lowest BCUT2D eigenvalue weighted by atomic mass is 10.1. The van der Waals surface area contributed by atoms with E-state index in [0.717, 1.165) is 27.7 Å². The normalized spacial score (nSPS) is 11.2. The zero-order valence-electron chi connectivity index (χ0n) is 15.7. The van der Waals surface area contributed by atoms with Crippen LogP contribution in [-0.4, -0.2) is 22.0 Å². The van der Waals surface area contributed by atoms with Crippen LogP contribution in [0.25, 0.3) is 22.2 Å². The number of para-hydroxylation sites is 1. The molecule has 0 atom stereocenters. The van der Waals surface area contributed by atoms with Gasteiger partial charge in [-0.1, -0.05) is 30.3 Å². The topological polar surface area (TPSA) is 67.0 Å². The molecule has 1 amide bonds. The molecule has 0 radical (unpaired) electrons. The Morgan fingerprint density at radius 3 is 2.75 bits per heavy atom. The molecular weight excluding hydrogens is 370 g/mol. The van der Waals surface area contributed by atoms with Crippen LogP contribution < -0.4 is 5.32 Å². The summed E-state index contributed by atoms with van der Waals surface area (Å²) in [6, 6.07) is 15.5. The van der Waals surface area contributed by atoms with Crippen molar-refractivity contribution in [3.8, 4) is 11.3 Å². The second kappa shape index (κ2) is 7.96. The molecule has 0 saturated carbocycles. The second-order valence-electron chi connectivity index (χ2n) is 6.80. The summed E-state index contributed by atoms with van der Waals surface area (Å²) < 4.78 is 5.58. The predicted molar refractivity (Wildman–Crippen MR) is 114 cm³/mol. The molecule has 0 unspecified atom stereocenters. The van der Waals surface area contributed by atoms with E-state index in [4.69, 9.17) is 4.74 Å². The Bertz CT molecular complexity index is 1100. The Balaban J connectivity index is 1.46. The average molecular weight is 391 g/mol. The first-order chi connectivity index (χ1) is 13.6. The Kier molecular flexibility index (Phi) is 5.23. The number of aromatic nitrogens is 2. The van der Waals surface area contributed by atoms with Gasteiger partial charge < -0.3 is 9.72 Å². The minimum Gasteiger partial charge on any atom is -0.374 e. The molecule has 2 N–H and O–H groups in total. The van der Waals surface area contributed by atoms with Gasteiger partial charge in [0.1, 0.15) is 0 Å². The summed E-state index contributed by atoms with van der Waals surface area (Å²) in [5.74, 6) is -0.170. The molecule has 4 rings (SSSR count). The van der Waals surface area contributed by atoms with Gasteiger partial charge in [-0.15, -0.1) is 11.3 Å². The Hall–Kier alpha value is -2.96. The van der Waals surface area contributed by atoms with Gasteiger partial charge >= 0.3 is 0 Å².